The van der Waals surface area contributed by atoms with Crippen LogP contribution in [0.3, 0.4) is 0 Å². The van der Waals surface area contributed by atoms with Gasteiger partial charge in [0.05, 0.1) is 7.11 Å². The summed E-state index contributed by atoms with van der Waals surface area (Å²) in [5, 5.41) is 0. The standard InChI is InChI=1S/C14H22N2O/c1-11-5-6-12(9-14(11)17-4)16-8-7-13(10-16)15(2)3/h5-6,9,13H,7-8,10H2,1-4H3. The van der Waals surface area contributed by atoms with Crippen molar-refractivity contribution in [2.24, 2.45) is 0 Å². The quantitative estimate of drug-likeness (QED) is 0.797. The summed E-state index contributed by atoms with van der Waals surface area (Å²) in [5.74, 6) is 0.982. The molecule has 0 aromatic heterocycles. The zero-order chi connectivity index (χ0) is 12.4. The second kappa shape index (κ2) is 4.96. The van der Waals surface area contributed by atoms with E-state index in [2.05, 4.69) is 49.0 Å². The second-order valence-electron chi connectivity index (χ2n) is 5.01. The third kappa shape index (κ3) is 2.55. The first-order valence-corrected chi connectivity index (χ1v) is 6.18. The molecular formula is C14H22N2O. The number of nitrogens with zero attached hydrogens (tertiary/aromatic N) is 2. The van der Waals surface area contributed by atoms with Gasteiger partial charge in [-0.2, -0.15) is 0 Å². The van der Waals surface area contributed by atoms with Crippen LogP contribution in [0.25, 0.3) is 0 Å². The van der Waals surface area contributed by atoms with E-state index in [-0.39, 0.29) is 0 Å². The van der Waals surface area contributed by atoms with E-state index in [1.165, 1.54) is 17.7 Å². The van der Waals surface area contributed by atoms with E-state index in [0.29, 0.717) is 6.04 Å². The fraction of sp³-hybridized carbons (Fsp3) is 0.571. The van der Waals surface area contributed by atoms with Gasteiger partial charge in [-0.15, -0.1) is 0 Å². The van der Waals surface area contributed by atoms with E-state index in [1.54, 1.807) is 7.11 Å². The van der Waals surface area contributed by atoms with Gasteiger partial charge in [0.15, 0.2) is 0 Å². The molecule has 94 valence electrons. The summed E-state index contributed by atoms with van der Waals surface area (Å²) >= 11 is 0. The van der Waals surface area contributed by atoms with Gasteiger partial charge in [-0.05, 0) is 39.1 Å². The van der Waals surface area contributed by atoms with Crippen LogP contribution in [0.15, 0.2) is 18.2 Å². The Kier molecular flexibility index (Phi) is 3.57. The molecule has 2 rings (SSSR count). The molecule has 1 aromatic carbocycles. The van der Waals surface area contributed by atoms with Crippen LogP contribution in [0.2, 0.25) is 0 Å². The molecule has 1 fully saturated rings. The topological polar surface area (TPSA) is 15.7 Å². The summed E-state index contributed by atoms with van der Waals surface area (Å²) in [6, 6.07) is 7.14. The van der Waals surface area contributed by atoms with Gasteiger partial charge >= 0.3 is 0 Å². The van der Waals surface area contributed by atoms with Gasteiger partial charge in [0.25, 0.3) is 0 Å². The van der Waals surface area contributed by atoms with Crippen LogP contribution in [0, 0.1) is 6.92 Å². The molecule has 1 aliphatic rings. The fourth-order valence-electron chi connectivity index (χ4n) is 2.40. The smallest absolute Gasteiger partial charge is 0.123 e. The number of methoxy groups -OCH3 is 1. The molecule has 0 N–H and O–H groups in total. The normalized spacial score (nSPS) is 20.1. The number of ether oxygens (including phenoxy) is 1. The van der Waals surface area contributed by atoms with Crippen molar-refractivity contribution in [1.29, 1.82) is 0 Å². The number of rotatable bonds is 3. The van der Waals surface area contributed by atoms with Crippen LogP contribution in [0.1, 0.15) is 12.0 Å². The Labute approximate surface area is 104 Å². The Hall–Kier alpha value is -1.22. The van der Waals surface area contributed by atoms with Crippen molar-refractivity contribution in [2.45, 2.75) is 19.4 Å². The molecule has 0 spiro atoms. The molecule has 0 amide bonds. The van der Waals surface area contributed by atoms with E-state index in [0.717, 1.165) is 18.8 Å². The highest BCUT2D eigenvalue weighted by Gasteiger charge is 2.24. The van der Waals surface area contributed by atoms with Crippen molar-refractivity contribution < 1.29 is 4.74 Å². The lowest BCUT2D eigenvalue weighted by molar-refractivity contribution is 0.315. The summed E-state index contributed by atoms with van der Waals surface area (Å²) in [7, 11) is 6.05. The zero-order valence-corrected chi connectivity index (χ0v) is 11.2. The summed E-state index contributed by atoms with van der Waals surface area (Å²) in [4.78, 5) is 4.75. The van der Waals surface area contributed by atoms with Crippen molar-refractivity contribution >= 4 is 5.69 Å². The van der Waals surface area contributed by atoms with Crippen molar-refractivity contribution in [3.63, 3.8) is 0 Å². The minimum absolute atomic E-state index is 0.669. The Morgan fingerprint density at radius 2 is 2.12 bits per heavy atom. The molecule has 1 atom stereocenters. The third-order valence-corrected chi connectivity index (χ3v) is 3.65. The molecule has 1 aliphatic heterocycles. The average molecular weight is 234 g/mol. The van der Waals surface area contributed by atoms with Gasteiger partial charge in [-0.3, -0.25) is 0 Å². The van der Waals surface area contributed by atoms with Gasteiger partial charge in [0.1, 0.15) is 5.75 Å². The minimum atomic E-state index is 0.669. The molecule has 1 heterocycles. The van der Waals surface area contributed by atoms with E-state index < -0.39 is 0 Å². The lowest BCUT2D eigenvalue weighted by atomic mass is 10.2. The van der Waals surface area contributed by atoms with Crippen LogP contribution in [-0.4, -0.2) is 45.2 Å². The number of anilines is 1. The molecule has 1 aromatic rings. The molecule has 1 saturated heterocycles. The Balaban J connectivity index is 2.13. The van der Waals surface area contributed by atoms with Crippen molar-refractivity contribution in [2.75, 3.05) is 39.2 Å². The first-order valence-electron chi connectivity index (χ1n) is 6.18. The van der Waals surface area contributed by atoms with Gasteiger partial charge < -0.3 is 14.5 Å². The van der Waals surface area contributed by atoms with Crippen LogP contribution < -0.4 is 9.64 Å². The van der Waals surface area contributed by atoms with Crippen molar-refractivity contribution in [3.8, 4) is 5.75 Å². The first-order chi connectivity index (χ1) is 8.11. The lowest BCUT2D eigenvalue weighted by Gasteiger charge is -2.22. The highest BCUT2D eigenvalue weighted by Crippen LogP contribution is 2.28. The molecule has 1 unspecified atom stereocenters. The van der Waals surface area contributed by atoms with E-state index >= 15 is 0 Å². The van der Waals surface area contributed by atoms with Gasteiger partial charge in [-0.25, -0.2) is 0 Å². The predicted octanol–water partition coefficient (Wildman–Crippen LogP) is 2.14. The van der Waals surface area contributed by atoms with Gasteiger partial charge in [-0.1, -0.05) is 6.07 Å². The minimum Gasteiger partial charge on any atom is -0.496 e. The summed E-state index contributed by atoms with van der Waals surface area (Å²) in [5.41, 5.74) is 2.47. The Bertz CT molecular complexity index is 390. The van der Waals surface area contributed by atoms with Gasteiger partial charge in [0, 0.05) is 30.9 Å². The van der Waals surface area contributed by atoms with Crippen molar-refractivity contribution in [3.05, 3.63) is 23.8 Å². The monoisotopic (exact) mass is 234 g/mol. The number of likely N-dealkylation sites (N-methyl/N-ethyl adjacent to an activating group) is 1. The van der Waals surface area contributed by atoms with E-state index in [9.17, 15) is 0 Å². The number of hydrogen-bond donors (Lipinski definition) is 0. The molecular weight excluding hydrogens is 212 g/mol. The number of hydrogen-bond acceptors (Lipinski definition) is 3. The summed E-state index contributed by atoms with van der Waals surface area (Å²) in [6.07, 6.45) is 1.24. The summed E-state index contributed by atoms with van der Waals surface area (Å²) in [6.45, 7) is 4.32. The highest BCUT2D eigenvalue weighted by molar-refractivity contribution is 5.54. The zero-order valence-electron chi connectivity index (χ0n) is 11.2. The molecule has 0 aliphatic carbocycles. The van der Waals surface area contributed by atoms with Crippen LogP contribution in [0.4, 0.5) is 5.69 Å². The van der Waals surface area contributed by atoms with Crippen LogP contribution in [0.5, 0.6) is 5.75 Å². The second-order valence-corrected chi connectivity index (χ2v) is 5.01. The molecule has 3 heteroatoms. The SMILES string of the molecule is COc1cc(N2CCC(N(C)C)C2)ccc1C. The fourth-order valence-corrected chi connectivity index (χ4v) is 2.40. The third-order valence-electron chi connectivity index (χ3n) is 3.65. The maximum Gasteiger partial charge on any atom is 0.123 e. The van der Waals surface area contributed by atoms with E-state index in [1.807, 2.05) is 0 Å². The Morgan fingerprint density at radius 1 is 1.35 bits per heavy atom. The van der Waals surface area contributed by atoms with Crippen LogP contribution >= 0.6 is 0 Å². The lowest BCUT2D eigenvalue weighted by Crippen LogP contribution is -2.31. The summed E-state index contributed by atoms with van der Waals surface area (Å²) < 4.78 is 5.38. The maximum absolute atomic E-state index is 5.38. The number of benzene rings is 1. The molecule has 0 saturated carbocycles. The predicted molar refractivity (Wildman–Crippen MR) is 72.0 cm³/mol. The molecule has 17 heavy (non-hydrogen) atoms. The van der Waals surface area contributed by atoms with E-state index in [4.69, 9.17) is 4.74 Å². The molecule has 0 radical (unpaired) electrons. The number of aryl methyl sites for hydroxylation is 1. The largest absolute Gasteiger partial charge is 0.496 e. The maximum atomic E-state index is 5.38. The first kappa shape index (κ1) is 12.2. The average Bonchev–Trinajstić information content (AvgIpc) is 2.79. The van der Waals surface area contributed by atoms with Crippen LogP contribution in [-0.2, 0) is 0 Å². The molecule has 0 bridgehead atoms. The Morgan fingerprint density at radius 3 is 2.71 bits per heavy atom. The van der Waals surface area contributed by atoms with Crippen molar-refractivity contribution in [1.82, 2.24) is 4.90 Å². The highest BCUT2D eigenvalue weighted by atomic mass is 16.5. The van der Waals surface area contributed by atoms with Gasteiger partial charge in [0.2, 0.25) is 0 Å². The molecule has 3 nitrogen and oxygen atoms in total.